The zero-order valence-electron chi connectivity index (χ0n) is 14.0. The fourth-order valence-corrected chi connectivity index (χ4v) is 4.36. The van der Waals surface area contributed by atoms with E-state index in [1.807, 2.05) is 26.0 Å². The maximum Gasteiger partial charge on any atom is 0.339 e. The number of nitrogens with one attached hydrogen (secondary N) is 1. The minimum absolute atomic E-state index is 0.204. The second kappa shape index (κ2) is 8.70. The number of carboxylic acids is 1. The number of nitrogens with zero attached hydrogens (tertiary/aromatic N) is 1. The number of carboxylic acid groups (broad SMARTS) is 1. The second-order valence-corrected chi connectivity index (χ2v) is 7.56. The lowest BCUT2D eigenvalue weighted by Gasteiger charge is -2.05. The standard InChI is InChI=1S/C18H18N2O3S2/c1-3-14-11(2)25-17(16(14)18(22)23)20-15(21)10-24-9-13-6-4-12(8-19)5-7-13/h4-7H,3,9-10H2,1-2H3,(H,20,21)(H,22,23). The molecule has 0 unspecified atom stereocenters. The molecule has 2 N–H and O–H groups in total. The van der Waals surface area contributed by atoms with Crippen molar-refractivity contribution in [3.8, 4) is 6.07 Å². The molecule has 0 radical (unpaired) electrons. The quantitative estimate of drug-likeness (QED) is 0.763. The Kier molecular flexibility index (Phi) is 6.62. The largest absolute Gasteiger partial charge is 0.478 e. The van der Waals surface area contributed by atoms with Crippen LogP contribution >= 0.6 is 23.1 Å². The molecule has 0 aliphatic heterocycles. The predicted molar refractivity (Wildman–Crippen MR) is 101 cm³/mol. The summed E-state index contributed by atoms with van der Waals surface area (Å²) in [6.45, 7) is 3.77. The monoisotopic (exact) mass is 374 g/mol. The van der Waals surface area contributed by atoms with Crippen LogP contribution in [0.1, 0.15) is 38.8 Å². The van der Waals surface area contributed by atoms with Crippen LogP contribution in [0.5, 0.6) is 0 Å². The minimum atomic E-state index is -1.01. The number of hydrogen-bond acceptors (Lipinski definition) is 5. The summed E-state index contributed by atoms with van der Waals surface area (Å²) < 4.78 is 0. The van der Waals surface area contributed by atoms with Crippen molar-refractivity contribution in [1.29, 1.82) is 5.26 Å². The molecule has 25 heavy (non-hydrogen) atoms. The normalized spacial score (nSPS) is 10.3. The van der Waals surface area contributed by atoms with Crippen molar-refractivity contribution >= 4 is 40.0 Å². The van der Waals surface area contributed by atoms with Crippen molar-refractivity contribution in [3.05, 3.63) is 51.4 Å². The van der Waals surface area contributed by atoms with Crippen molar-refractivity contribution in [2.24, 2.45) is 0 Å². The summed E-state index contributed by atoms with van der Waals surface area (Å²) in [7, 11) is 0. The van der Waals surface area contributed by atoms with Gasteiger partial charge in [0.05, 0.1) is 22.9 Å². The third-order valence-corrected chi connectivity index (χ3v) is 5.68. The molecule has 7 heteroatoms. The summed E-state index contributed by atoms with van der Waals surface area (Å²) in [5.41, 5.74) is 2.62. The van der Waals surface area contributed by atoms with E-state index >= 15 is 0 Å². The molecule has 0 aliphatic carbocycles. The molecule has 2 rings (SSSR count). The lowest BCUT2D eigenvalue weighted by Crippen LogP contribution is -2.15. The number of hydrogen-bond donors (Lipinski definition) is 2. The highest BCUT2D eigenvalue weighted by Gasteiger charge is 2.21. The molecule has 2 aromatic rings. The van der Waals surface area contributed by atoms with E-state index in [0.717, 1.165) is 16.0 Å². The number of thioether (sulfide) groups is 1. The first-order chi connectivity index (χ1) is 12.0. The highest BCUT2D eigenvalue weighted by molar-refractivity contribution is 7.99. The van der Waals surface area contributed by atoms with E-state index in [-0.39, 0.29) is 17.2 Å². The average molecular weight is 374 g/mol. The minimum Gasteiger partial charge on any atom is -0.478 e. The molecule has 0 spiro atoms. The van der Waals surface area contributed by atoms with Gasteiger partial charge in [0.1, 0.15) is 5.00 Å². The zero-order valence-corrected chi connectivity index (χ0v) is 15.6. The van der Waals surface area contributed by atoms with E-state index in [9.17, 15) is 14.7 Å². The van der Waals surface area contributed by atoms with Gasteiger partial charge < -0.3 is 10.4 Å². The molecule has 0 fully saturated rings. The number of carbonyl (C=O) groups is 2. The van der Waals surface area contributed by atoms with Gasteiger partial charge in [0.15, 0.2) is 0 Å². The first-order valence-corrected chi connectivity index (χ1v) is 9.65. The third kappa shape index (κ3) is 4.84. The molecule has 0 saturated heterocycles. The number of rotatable bonds is 7. The fourth-order valence-electron chi connectivity index (χ4n) is 2.42. The number of thiophene rings is 1. The number of aryl methyl sites for hydroxylation is 1. The summed E-state index contributed by atoms with van der Waals surface area (Å²) in [5.74, 6) is -0.349. The van der Waals surface area contributed by atoms with Gasteiger partial charge in [0, 0.05) is 10.6 Å². The Morgan fingerprint density at radius 1 is 1.32 bits per heavy atom. The fraction of sp³-hybridized carbons (Fsp3) is 0.278. The molecular weight excluding hydrogens is 356 g/mol. The summed E-state index contributed by atoms with van der Waals surface area (Å²) in [6.07, 6.45) is 0.618. The van der Waals surface area contributed by atoms with E-state index in [2.05, 4.69) is 11.4 Å². The Bertz CT molecular complexity index is 820. The van der Waals surface area contributed by atoms with Crippen molar-refractivity contribution in [2.75, 3.05) is 11.1 Å². The summed E-state index contributed by atoms with van der Waals surface area (Å²) in [4.78, 5) is 24.5. The first kappa shape index (κ1) is 19.0. The number of benzene rings is 1. The van der Waals surface area contributed by atoms with Gasteiger partial charge >= 0.3 is 5.97 Å². The van der Waals surface area contributed by atoms with Gasteiger partial charge in [-0.3, -0.25) is 4.79 Å². The van der Waals surface area contributed by atoms with Crippen molar-refractivity contribution in [2.45, 2.75) is 26.0 Å². The number of aromatic carboxylic acids is 1. The first-order valence-electron chi connectivity index (χ1n) is 7.68. The Balaban J connectivity index is 1.94. The van der Waals surface area contributed by atoms with E-state index in [4.69, 9.17) is 5.26 Å². The van der Waals surface area contributed by atoms with Crippen LogP contribution in [0.25, 0.3) is 0 Å². The molecule has 0 atom stereocenters. The van der Waals surface area contributed by atoms with Crippen molar-refractivity contribution in [3.63, 3.8) is 0 Å². The van der Waals surface area contributed by atoms with E-state index in [0.29, 0.717) is 22.7 Å². The lowest BCUT2D eigenvalue weighted by atomic mass is 10.1. The summed E-state index contributed by atoms with van der Waals surface area (Å²) in [5, 5.41) is 21.3. The van der Waals surface area contributed by atoms with Crippen LogP contribution in [0.4, 0.5) is 5.00 Å². The van der Waals surface area contributed by atoms with Gasteiger partial charge in [-0.25, -0.2) is 4.79 Å². The van der Waals surface area contributed by atoms with Crippen LogP contribution in [0, 0.1) is 18.3 Å². The Labute approximate surface area is 154 Å². The van der Waals surface area contributed by atoms with Gasteiger partial charge in [-0.05, 0) is 36.6 Å². The summed E-state index contributed by atoms with van der Waals surface area (Å²) >= 11 is 2.74. The Hall–Kier alpha value is -2.30. The van der Waals surface area contributed by atoms with Gasteiger partial charge in [0.25, 0.3) is 0 Å². The topological polar surface area (TPSA) is 90.2 Å². The maximum atomic E-state index is 12.1. The third-order valence-electron chi connectivity index (χ3n) is 3.61. The van der Waals surface area contributed by atoms with Crippen LogP contribution in [-0.4, -0.2) is 22.7 Å². The van der Waals surface area contributed by atoms with Gasteiger partial charge in [-0.2, -0.15) is 5.26 Å². The highest BCUT2D eigenvalue weighted by Crippen LogP contribution is 2.33. The van der Waals surface area contributed by atoms with Gasteiger partial charge in [-0.15, -0.1) is 23.1 Å². The molecular formula is C18H18N2O3S2. The lowest BCUT2D eigenvalue weighted by molar-refractivity contribution is -0.113. The number of amides is 1. The molecule has 1 amide bonds. The second-order valence-electron chi connectivity index (χ2n) is 5.35. The maximum absolute atomic E-state index is 12.1. The average Bonchev–Trinajstić information content (AvgIpc) is 2.90. The van der Waals surface area contributed by atoms with E-state index < -0.39 is 5.97 Å². The van der Waals surface area contributed by atoms with Gasteiger partial charge in [0.2, 0.25) is 5.91 Å². The number of anilines is 1. The molecule has 130 valence electrons. The zero-order chi connectivity index (χ0) is 18.4. The highest BCUT2D eigenvalue weighted by atomic mass is 32.2. The molecule has 0 bridgehead atoms. The molecule has 5 nitrogen and oxygen atoms in total. The van der Waals surface area contributed by atoms with Crippen LogP contribution in [-0.2, 0) is 17.0 Å². The van der Waals surface area contributed by atoms with Crippen molar-refractivity contribution < 1.29 is 14.7 Å². The number of nitriles is 1. The van der Waals surface area contributed by atoms with Crippen LogP contribution < -0.4 is 5.32 Å². The molecule has 1 aromatic carbocycles. The summed E-state index contributed by atoms with van der Waals surface area (Å²) in [6, 6.07) is 9.28. The molecule has 1 aromatic heterocycles. The molecule has 0 saturated carbocycles. The Morgan fingerprint density at radius 3 is 2.56 bits per heavy atom. The number of carbonyl (C=O) groups excluding carboxylic acids is 1. The van der Waals surface area contributed by atoms with Crippen LogP contribution in [0.2, 0.25) is 0 Å². The Morgan fingerprint density at radius 2 is 2.00 bits per heavy atom. The molecule has 1 heterocycles. The van der Waals surface area contributed by atoms with Gasteiger partial charge in [-0.1, -0.05) is 19.1 Å². The SMILES string of the molecule is CCc1c(C)sc(NC(=O)CSCc2ccc(C#N)cc2)c1C(=O)O. The predicted octanol–water partition coefficient (Wildman–Crippen LogP) is 4.06. The van der Waals surface area contributed by atoms with E-state index in [1.165, 1.54) is 23.1 Å². The molecule has 0 aliphatic rings. The van der Waals surface area contributed by atoms with Crippen molar-refractivity contribution in [1.82, 2.24) is 0 Å². The van der Waals surface area contributed by atoms with Crippen LogP contribution in [0.3, 0.4) is 0 Å². The smallest absolute Gasteiger partial charge is 0.339 e. The van der Waals surface area contributed by atoms with E-state index in [1.54, 1.807) is 12.1 Å². The van der Waals surface area contributed by atoms with Crippen LogP contribution in [0.15, 0.2) is 24.3 Å².